The summed E-state index contributed by atoms with van der Waals surface area (Å²) >= 11 is 0. The molecule has 0 aliphatic carbocycles. The molecule has 0 unspecified atom stereocenters. The zero-order valence-electron chi connectivity index (χ0n) is 9.86. The van der Waals surface area contributed by atoms with Crippen molar-refractivity contribution >= 4 is 0 Å². The number of halogens is 4. The van der Waals surface area contributed by atoms with Gasteiger partial charge in [-0.3, -0.25) is 0 Å². The Morgan fingerprint density at radius 1 is 1.17 bits per heavy atom. The van der Waals surface area contributed by atoms with Gasteiger partial charge >= 0.3 is 6.18 Å². The Labute approximate surface area is 103 Å². The van der Waals surface area contributed by atoms with Crippen LogP contribution in [0.2, 0.25) is 0 Å². The van der Waals surface area contributed by atoms with Crippen LogP contribution in [0.15, 0.2) is 18.2 Å². The van der Waals surface area contributed by atoms with Gasteiger partial charge in [-0.2, -0.15) is 13.2 Å². The van der Waals surface area contributed by atoms with Crippen molar-refractivity contribution in [2.75, 3.05) is 13.1 Å². The number of hydrogen-bond acceptors (Lipinski definition) is 1. The van der Waals surface area contributed by atoms with Gasteiger partial charge in [0.25, 0.3) is 0 Å². The lowest BCUT2D eigenvalue weighted by Crippen LogP contribution is -2.29. The molecule has 1 heterocycles. The van der Waals surface area contributed by atoms with E-state index in [0.29, 0.717) is 6.42 Å². The van der Waals surface area contributed by atoms with E-state index in [2.05, 4.69) is 5.32 Å². The predicted molar refractivity (Wildman–Crippen MR) is 60.7 cm³/mol. The number of hydrogen-bond donors (Lipinski definition) is 1. The second-order valence-corrected chi connectivity index (χ2v) is 4.70. The molecule has 1 fully saturated rings. The Morgan fingerprint density at radius 3 is 2.44 bits per heavy atom. The summed E-state index contributed by atoms with van der Waals surface area (Å²) in [6.07, 6.45) is -2.42. The van der Waals surface area contributed by atoms with Crippen LogP contribution in [0.25, 0.3) is 0 Å². The minimum Gasteiger partial charge on any atom is -0.317 e. The second-order valence-electron chi connectivity index (χ2n) is 4.70. The highest BCUT2D eigenvalue weighted by atomic mass is 19.4. The molecule has 0 aromatic heterocycles. The molecule has 0 bridgehead atoms. The quantitative estimate of drug-likeness (QED) is 0.805. The van der Waals surface area contributed by atoms with E-state index in [0.717, 1.165) is 44.1 Å². The molecule has 2 rings (SSSR count). The van der Waals surface area contributed by atoms with Crippen LogP contribution in [0.4, 0.5) is 17.6 Å². The SMILES string of the molecule is Fc1ccc(C(F)(F)F)c(CC2CCNCC2)c1. The van der Waals surface area contributed by atoms with Crippen molar-refractivity contribution in [2.45, 2.75) is 25.4 Å². The first-order chi connectivity index (χ1) is 8.47. The van der Waals surface area contributed by atoms with Gasteiger partial charge in [0.1, 0.15) is 5.82 Å². The first kappa shape index (κ1) is 13.3. The van der Waals surface area contributed by atoms with Gasteiger partial charge in [-0.1, -0.05) is 0 Å². The molecule has 1 aromatic carbocycles. The number of benzene rings is 1. The summed E-state index contributed by atoms with van der Waals surface area (Å²) in [6.45, 7) is 1.64. The third-order valence-corrected chi connectivity index (χ3v) is 3.34. The van der Waals surface area contributed by atoms with Crippen molar-refractivity contribution in [3.05, 3.63) is 35.1 Å². The Hall–Kier alpha value is -1.10. The number of nitrogens with one attached hydrogen (secondary N) is 1. The summed E-state index contributed by atoms with van der Waals surface area (Å²) in [5, 5.41) is 3.16. The van der Waals surface area contributed by atoms with Gasteiger partial charge < -0.3 is 5.32 Å². The van der Waals surface area contributed by atoms with Gasteiger partial charge in [0.2, 0.25) is 0 Å². The largest absolute Gasteiger partial charge is 0.416 e. The fourth-order valence-corrected chi connectivity index (χ4v) is 2.40. The minimum absolute atomic E-state index is 0.0781. The lowest BCUT2D eigenvalue weighted by molar-refractivity contribution is -0.138. The molecule has 100 valence electrons. The summed E-state index contributed by atoms with van der Waals surface area (Å²) in [6, 6.07) is 2.73. The van der Waals surface area contributed by atoms with Crippen molar-refractivity contribution in [3.63, 3.8) is 0 Å². The molecule has 1 N–H and O–H groups in total. The zero-order valence-corrected chi connectivity index (χ0v) is 9.86. The Morgan fingerprint density at radius 2 is 1.83 bits per heavy atom. The maximum absolute atomic E-state index is 13.1. The van der Waals surface area contributed by atoms with Crippen molar-refractivity contribution in [3.8, 4) is 0 Å². The predicted octanol–water partition coefficient (Wildman–Crippen LogP) is 3.39. The van der Waals surface area contributed by atoms with E-state index in [1.807, 2.05) is 0 Å². The molecule has 0 atom stereocenters. The smallest absolute Gasteiger partial charge is 0.317 e. The normalized spacial score (nSPS) is 18.0. The van der Waals surface area contributed by atoms with Gasteiger partial charge in [0.05, 0.1) is 5.56 Å². The first-order valence-electron chi connectivity index (χ1n) is 6.03. The molecule has 1 aromatic rings. The molecule has 0 radical (unpaired) electrons. The monoisotopic (exact) mass is 261 g/mol. The topological polar surface area (TPSA) is 12.0 Å². The fraction of sp³-hybridized carbons (Fsp3) is 0.538. The molecule has 0 saturated carbocycles. The van der Waals surface area contributed by atoms with Crippen LogP contribution in [0.1, 0.15) is 24.0 Å². The number of piperidine rings is 1. The molecule has 18 heavy (non-hydrogen) atoms. The maximum atomic E-state index is 13.1. The summed E-state index contributed by atoms with van der Waals surface area (Å²) in [5.41, 5.74) is -0.628. The van der Waals surface area contributed by atoms with E-state index in [-0.39, 0.29) is 11.5 Å². The van der Waals surface area contributed by atoms with E-state index >= 15 is 0 Å². The van der Waals surface area contributed by atoms with E-state index in [1.54, 1.807) is 0 Å². The van der Waals surface area contributed by atoms with E-state index in [1.165, 1.54) is 0 Å². The molecule has 5 heteroatoms. The van der Waals surface area contributed by atoms with Crippen molar-refractivity contribution < 1.29 is 17.6 Å². The molecule has 0 spiro atoms. The Bertz CT molecular complexity index is 408. The van der Waals surface area contributed by atoms with Gasteiger partial charge in [-0.15, -0.1) is 0 Å². The first-order valence-corrected chi connectivity index (χ1v) is 6.03. The van der Waals surface area contributed by atoms with E-state index in [4.69, 9.17) is 0 Å². The van der Waals surface area contributed by atoms with Crippen LogP contribution in [0, 0.1) is 11.7 Å². The average molecular weight is 261 g/mol. The van der Waals surface area contributed by atoms with E-state index < -0.39 is 17.6 Å². The summed E-state index contributed by atoms with van der Waals surface area (Å²) in [5.74, 6) is -0.402. The highest BCUT2D eigenvalue weighted by molar-refractivity contribution is 5.30. The zero-order chi connectivity index (χ0) is 13.2. The molecular formula is C13H15F4N. The van der Waals surface area contributed by atoms with Gasteiger partial charge in [0.15, 0.2) is 0 Å². The number of rotatable bonds is 2. The average Bonchev–Trinajstić information content (AvgIpc) is 2.28. The second kappa shape index (κ2) is 5.26. The molecule has 1 aliphatic heterocycles. The third kappa shape index (κ3) is 3.22. The van der Waals surface area contributed by atoms with Crippen LogP contribution in [0.5, 0.6) is 0 Å². The Balaban J connectivity index is 2.21. The molecule has 1 aliphatic rings. The van der Waals surface area contributed by atoms with Crippen LogP contribution in [-0.4, -0.2) is 13.1 Å². The summed E-state index contributed by atoms with van der Waals surface area (Å²) < 4.78 is 51.5. The van der Waals surface area contributed by atoms with Crippen LogP contribution in [-0.2, 0) is 12.6 Å². The van der Waals surface area contributed by atoms with Crippen molar-refractivity contribution in [1.82, 2.24) is 5.32 Å². The van der Waals surface area contributed by atoms with Crippen LogP contribution >= 0.6 is 0 Å². The van der Waals surface area contributed by atoms with Gasteiger partial charge in [0, 0.05) is 0 Å². The third-order valence-electron chi connectivity index (χ3n) is 3.34. The molecule has 0 amide bonds. The van der Waals surface area contributed by atoms with Gasteiger partial charge in [-0.25, -0.2) is 4.39 Å². The highest BCUT2D eigenvalue weighted by Crippen LogP contribution is 2.34. The van der Waals surface area contributed by atoms with Crippen LogP contribution < -0.4 is 5.32 Å². The fourth-order valence-electron chi connectivity index (χ4n) is 2.40. The number of alkyl halides is 3. The molecule has 1 saturated heterocycles. The lowest BCUT2D eigenvalue weighted by Gasteiger charge is -2.24. The highest BCUT2D eigenvalue weighted by Gasteiger charge is 2.33. The van der Waals surface area contributed by atoms with Gasteiger partial charge in [-0.05, 0) is 62.0 Å². The van der Waals surface area contributed by atoms with Crippen molar-refractivity contribution in [2.24, 2.45) is 5.92 Å². The standard InChI is InChI=1S/C13H15F4N/c14-11-1-2-12(13(15,16)17)10(8-11)7-9-3-5-18-6-4-9/h1-2,8-9,18H,3-7H2. The molecule has 1 nitrogen and oxygen atoms in total. The van der Waals surface area contributed by atoms with Crippen LogP contribution in [0.3, 0.4) is 0 Å². The molecular weight excluding hydrogens is 246 g/mol. The Kier molecular flexibility index (Phi) is 3.90. The minimum atomic E-state index is -4.41. The maximum Gasteiger partial charge on any atom is 0.416 e. The van der Waals surface area contributed by atoms with E-state index in [9.17, 15) is 17.6 Å². The van der Waals surface area contributed by atoms with Crippen molar-refractivity contribution in [1.29, 1.82) is 0 Å². The summed E-state index contributed by atoms with van der Waals surface area (Å²) in [4.78, 5) is 0. The lowest BCUT2D eigenvalue weighted by atomic mass is 9.89. The summed E-state index contributed by atoms with van der Waals surface area (Å²) in [7, 11) is 0.